The molecule has 1 N–H and O–H groups in total. The van der Waals surface area contributed by atoms with Crippen LogP contribution in [0.15, 0.2) is 22.7 Å². The van der Waals surface area contributed by atoms with Crippen molar-refractivity contribution in [3.8, 4) is 0 Å². The van der Waals surface area contributed by atoms with Gasteiger partial charge in [-0.3, -0.25) is 0 Å². The van der Waals surface area contributed by atoms with Gasteiger partial charge in [0.25, 0.3) is 0 Å². The van der Waals surface area contributed by atoms with Crippen LogP contribution in [0.3, 0.4) is 0 Å². The van der Waals surface area contributed by atoms with E-state index in [0.717, 1.165) is 29.7 Å². The molecule has 2 atom stereocenters. The molecule has 1 saturated heterocycles. The minimum absolute atomic E-state index is 0.389. The molecule has 1 aromatic rings. The number of rotatable bonds is 2. The van der Waals surface area contributed by atoms with E-state index in [1.54, 1.807) is 12.1 Å². The highest BCUT2D eigenvalue weighted by molar-refractivity contribution is 9.10. The third kappa shape index (κ3) is 2.69. The van der Waals surface area contributed by atoms with Crippen LogP contribution in [-0.4, -0.2) is 24.2 Å². The van der Waals surface area contributed by atoms with Crippen molar-refractivity contribution in [1.29, 1.82) is 0 Å². The fourth-order valence-corrected chi connectivity index (χ4v) is 2.78. The van der Waals surface area contributed by atoms with Crippen molar-refractivity contribution in [2.24, 2.45) is 11.8 Å². The molecule has 1 aliphatic heterocycles. The Morgan fingerprint density at radius 3 is 2.72 bits per heavy atom. The average Bonchev–Trinajstić information content (AvgIpc) is 2.32. The van der Waals surface area contributed by atoms with Crippen molar-refractivity contribution in [2.45, 2.75) is 20.3 Å². The van der Waals surface area contributed by atoms with Crippen LogP contribution in [0.4, 0.5) is 5.69 Å². The zero-order chi connectivity index (χ0) is 13.3. The number of benzene rings is 1. The van der Waals surface area contributed by atoms with Gasteiger partial charge in [-0.05, 0) is 36.5 Å². The second kappa shape index (κ2) is 5.31. The van der Waals surface area contributed by atoms with Gasteiger partial charge in [0.1, 0.15) is 0 Å². The van der Waals surface area contributed by atoms with E-state index < -0.39 is 5.97 Å². The fraction of sp³-hybridized carbons (Fsp3) is 0.500. The van der Waals surface area contributed by atoms with Gasteiger partial charge in [-0.2, -0.15) is 0 Å². The molecule has 1 fully saturated rings. The standard InChI is InChI=1S/C14H18BrNO2/c1-9-5-6-16(8-10(9)2)13-7-11(15)3-4-12(13)14(17)18/h3-4,7,9-10H,5-6,8H2,1-2H3,(H,17,18). The predicted octanol–water partition coefficient (Wildman–Crippen LogP) is 3.63. The quantitative estimate of drug-likeness (QED) is 0.906. The summed E-state index contributed by atoms with van der Waals surface area (Å²) in [5.74, 6) is 0.449. The molecule has 1 heterocycles. The first kappa shape index (κ1) is 13.4. The SMILES string of the molecule is CC1CCN(c2cc(Br)ccc2C(=O)O)CC1C. The molecule has 0 saturated carbocycles. The summed E-state index contributed by atoms with van der Waals surface area (Å²) in [6.07, 6.45) is 1.12. The summed E-state index contributed by atoms with van der Waals surface area (Å²) in [4.78, 5) is 13.5. The van der Waals surface area contributed by atoms with E-state index in [2.05, 4.69) is 34.7 Å². The van der Waals surface area contributed by atoms with Crippen molar-refractivity contribution < 1.29 is 9.90 Å². The van der Waals surface area contributed by atoms with Gasteiger partial charge in [0.2, 0.25) is 0 Å². The average molecular weight is 312 g/mol. The summed E-state index contributed by atoms with van der Waals surface area (Å²) in [7, 11) is 0. The maximum Gasteiger partial charge on any atom is 0.337 e. The third-order valence-corrected chi connectivity index (χ3v) is 4.36. The second-order valence-corrected chi connectivity index (χ2v) is 6.07. The Balaban J connectivity index is 2.32. The van der Waals surface area contributed by atoms with Crippen LogP contribution in [-0.2, 0) is 0 Å². The fourth-order valence-electron chi connectivity index (χ4n) is 2.43. The Morgan fingerprint density at radius 1 is 1.39 bits per heavy atom. The Hall–Kier alpha value is -1.03. The van der Waals surface area contributed by atoms with E-state index in [4.69, 9.17) is 0 Å². The molecule has 2 rings (SSSR count). The van der Waals surface area contributed by atoms with E-state index >= 15 is 0 Å². The molecule has 3 nitrogen and oxygen atoms in total. The van der Waals surface area contributed by atoms with Crippen molar-refractivity contribution in [3.63, 3.8) is 0 Å². The molecule has 0 radical (unpaired) electrons. The molecule has 1 aromatic carbocycles. The zero-order valence-electron chi connectivity index (χ0n) is 10.7. The highest BCUT2D eigenvalue weighted by Gasteiger charge is 2.25. The van der Waals surface area contributed by atoms with Gasteiger partial charge in [-0.15, -0.1) is 0 Å². The van der Waals surface area contributed by atoms with Crippen LogP contribution in [0, 0.1) is 11.8 Å². The summed E-state index contributed by atoms with van der Waals surface area (Å²) in [6, 6.07) is 5.36. The summed E-state index contributed by atoms with van der Waals surface area (Å²) >= 11 is 3.42. The first-order chi connectivity index (χ1) is 8.49. The van der Waals surface area contributed by atoms with E-state index in [1.165, 1.54) is 0 Å². The number of hydrogen-bond acceptors (Lipinski definition) is 2. The number of anilines is 1. The number of piperidine rings is 1. The van der Waals surface area contributed by atoms with Gasteiger partial charge in [0, 0.05) is 17.6 Å². The van der Waals surface area contributed by atoms with Gasteiger partial charge >= 0.3 is 5.97 Å². The number of hydrogen-bond donors (Lipinski definition) is 1. The van der Waals surface area contributed by atoms with Crippen LogP contribution in [0.2, 0.25) is 0 Å². The van der Waals surface area contributed by atoms with Crippen molar-refractivity contribution >= 4 is 27.6 Å². The van der Waals surface area contributed by atoms with Crippen LogP contribution in [0.5, 0.6) is 0 Å². The largest absolute Gasteiger partial charge is 0.478 e. The molecule has 2 unspecified atom stereocenters. The molecule has 0 bridgehead atoms. The van der Waals surface area contributed by atoms with Gasteiger partial charge in [-0.1, -0.05) is 29.8 Å². The lowest BCUT2D eigenvalue weighted by Crippen LogP contribution is -2.39. The Kier molecular flexibility index (Phi) is 3.95. The smallest absolute Gasteiger partial charge is 0.337 e. The monoisotopic (exact) mass is 311 g/mol. The molecule has 0 aliphatic carbocycles. The molecule has 18 heavy (non-hydrogen) atoms. The van der Waals surface area contributed by atoms with Gasteiger partial charge in [-0.25, -0.2) is 4.79 Å². The summed E-state index contributed by atoms with van der Waals surface area (Å²) in [5, 5.41) is 9.26. The highest BCUT2D eigenvalue weighted by Crippen LogP contribution is 2.31. The lowest BCUT2D eigenvalue weighted by molar-refractivity contribution is 0.0697. The Morgan fingerprint density at radius 2 is 2.11 bits per heavy atom. The van der Waals surface area contributed by atoms with Crippen LogP contribution >= 0.6 is 15.9 Å². The Bertz CT molecular complexity index is 461. The number of carboxylic acid groups (broad SMARTS) is 1. The van der Waals surface area contributed by atoms with Gasteiger partial charge in [0.15, 0.2) is 0 Å². The third-order valence-electron chi connectivity index (χ3n) is 3.87. The maximum absolute atomic E-state index is 11.3. The number of aromatic carboxylic acids is 1. The maximum atomic E-state index is 11.3. The van der Waals surface area contributed by atoms with Gasteiger partial charge in [0.05, 0.1) is 11.3 Å². The highest BCUT2D eigenvalue weighted by atomic mass is 79.9. The molecule has 98 valence electrons. The molecule has 1 aliphatic rings. The molecule has 4 heteroatoms. The molecule has 0 aromatic heterocycles. The number of carbonyl (C=O) groups is 1. The lowest BCUT2D eigenvalue weighted by atomic mass is 9.88. The van der Waals surface area contributed by atoms with Crippen molar-refractivity contribution in [2.75, 3.05) is 18.0 Å². The Labute approximate surface area is 116 Å². The molecule has 0 amide bonds. The topological polar surface area (TPSA) is 40.5 Å². The molecular formula is C14H18BrNO2. The van der Waals surface area contributed by atoms with Crippen molar-refractivity contribution in [1.82, 2.24) is 0 Å². The first-order valence-electron chi connectivity index (χ1n) is 6.27. The van der Waals surface area contributed by atoms with E-state index in [1.807, 2.05) is 6.07 Å². The second-order valence-electron chi connectivity index (χ2n) is 5.16. The zero-order valence-corrected chi connectivity index (χ0v) is 12.3. The summed E-state index contributed by atoms with van der Waals surface area (Å²) < 4.78 is 0.925. The lowest BCUT2D eigenvalue weighted by Gasteiger charge is -2.37. The van der Waals surface area contributed by atoms with Crippen LogP contribution < -0.4 is 4.90 Å². The molecule has 0 spiro atoms. The number of nitrogens with zero attached hydrogens (tertiary/aromatic N) is 1. The van der Waals surface area contributed by atoms with Crippen LogP contribution in [0.1, 0.15) is 30.6 Å². The van der Waals surface area contributed by atoms with E-state index in [9.17, 15) is 9.90 Å². The predicted molar refractivity (Wildman–Crippen MR) is 76.3 cm³/mol. The normalized spacial score (nSPS) is 24.1. The van der Waals surface area contributed by atoms with E-state index in [0.29, 0.717) is 17.4 Å². The van der Waals surface area contributed by atoms with Crippen molar-refractivity contribution in [3.05, 3.63) is 28.2 Å². The van der Waals surface area contributed by atoms with E-state index in [-0.39, 0.29) is 0 Å². The van der Waals surface area contributed by atoms with Gasteiger partial charge < -0.3 is 10.0 Å². The molecular weight excluding hydrogens is 294 g/mol. The first-order valence-corrected chi connectivity index (χ1v) is 7.06. The summed E-state index contributed by atoms with van der Waals surface area (Å²) in [6.45, 7) is 6.36. The minimum atomic E-state index is -0.858. The summed E-state index contributed by atoms with van der Waals surface area (Å²) in [5.41, 5.74) is 1.22. The minimum Gasteiger partial charge on any atom is -0.478 e. The number of carboxylic acids is 1. The number of halogens is 1. The van der Waals surface area contributed by atoms with Crippen LogP contribution in [0.25, 0.3) is 0 Å².